The van der Waals surface area contributed by atoms with Crippen molar-refractivity contribution in [2.75, 3.05) is 31.2 Å². The normalized spacial score (nSPS) is 17.2. The maximum Gasteiger partial charge on any atom is 0.162 e. The van der Waals surface area contributed by atoms with Crippen molar-refractivity contribution in [1.82, 2.24) is 0 Å². The van der Waals surface area contributed by atoms with E-state index in [4.69, 9.17) is 14.2 Å². The Balaban J connectivity index is 1.62. The fourth-order valence-electron chi connectivity index (χ4n) is 3.77. The molecular weight excluding hydrogens is 501 g/mol. The van der Waals surface area contributed by atoms with Gasteiger partial charge < -0.3 is 19.1 Å². The van der Waals surface area contributed by atoms with Gasteiger partial charge in [-0.3, -0.25) is 0 Å². The minimum absolute atomic E-state index is 0.102. The van der Waals surface area contributed by atoms with Gasteiger partial charge in [0, 0.05) is 22.3 Å². The highest BCUT2D eigenvalue weighted by Crippen LogP contribution is 2.36. The van der Waals surface area contributed by atoms with Gasteiger partial charge in [-0.05, 0) is 64.9 Å². The molecule has 162 valence electrons. The summed E-state index contributed by atoms with van der Waals surface area (Å²) in [7, 11) is 0. The van der Waals surface area contributed by atoms with Crippen LogP contribution < -0.4 is 14.4 Å². The van der Waals surface area contributed by atoms with E-state index in [0.29, 0.717) is 13.2 Å². The molecule has 0 saturated carbocycles. The zero-order valence-corrected chi connectivity index (χ0v) is 19.9. The molecule has 3 aromatic carbocycles. The van der Waals surface area contributed by atoms with Gasteiger partial charge in [0.05, 0.1) is 13.2 Å². The number of nitrogens with zero attached hydrogens (tertiary/aromatic N) is 1. The van der Waals surface area contributed by atoms with Crippen LogP contribution in [-0.2, 0) is 4.74 Å². The van der Waals surface area contributed by atoms with Crippen LogP contribution in [0.4, 0.5) is 5.69 Å². The Labute approximate surface area is 198 Å². The monoisotopic (exact) mass is 529 g/mol. The fraction of sp³-hybridized carbons (Fsp3) is 0.308. The predicted molar refractivity (Wildman–Crippen MR) is 133 cm³/mol. The predicted octanol–water partition coefficient (Wildman–Crippen LogP) is 6.11. The third-order valence-corrected chi connectivity index (χ3v) is 5.97. The van der Waals surface area contributed by atoms with Gasteiger partial charge in [-0.15, -0.1) is 0 Å². The van der Waals surface area contributed by atoms with Gasteiger partial charge >= 0.3 is 0 Å². The minimum Gasteiger partial charge on any atom is -0.490 e. The summed E-state index contributed by atoms with van der Waals surface area (Å²) in [6.07, 6.45) is 0.608. The number of benzene rings is 3. The Bertz CT molecular complexity index is 951. The highest BCUT2D eigenvalue weighted by Gasteiger charge is 2.32. The van der Waals surface area contributed by atoms with Gasteiger partial charge in [-0.1, -0.05) is 55.5 Å². The first-order valence-electron chi connectivity index (χ1n) is 10.8. The first-order chi connectivity index (χ1) is 15.2. The van der Waals surface area contributed by atoms with Crippen LogP contribution in [0.1, 0.15) is 25.0 Å². The van der Waals surface area contributed by atoms with Crippen molar-refractivity contribution < 1.29 is 14.2 Å². The van der Waals surface area contributed by atoms with Gasteiger partial charge in [-0.25, -0.2) is 0 Å². The molecule has 1 aliphatic rings. The zero-order valence-electron chi connectivity index (χ0n) is 17.7. The molecule has 0 radical (unpaired) electrons. The molecule has 0 N–H and O–H groups in total. The number of halogens is 1. The number of morpholine rings is 1. The van der Waals surface area contributed by atoms with E-state index in [-0.39, 0.29) is 12.2 Å². The van der Waals surface area contributed by atoms with E-state index in [2.05, 4.69) is 76.9 Å². The molecule has 4 rings (SSSR count). The Morgan fingerprint density at radius 2 is 1.74 bits per heavy atom. The van der Waals surface area contributed by atoms with E-state index in [1.807, 2.05) is 36.4 Å². The number of anilines is 1. The average Bonchev–Trinajstić information content (AvgIpc) is 2.83. The van der Waals surface area contributed by atoms with E-state index < -0.39 is 0 Å². The van der Waals surface area contributed by atoms with Crippen molar-refractivity contribution in [3.63, 3.8) is 0 Å². The largest absolute Gasteiger partial charge is 0.490 e. The first kappa shape index (κ1) is 22.0. The second-order valence-corrected chi connectivity index (χ2v) is 8.83. The van der Waals surface area contributed by atoms with Crippen LogP contribution in [0, 0.1) is 3.57 Å². The smallest absolute Gasteiger partial charge is 0.162 e. The minimum atomic E-state index is -0.239. The van der Waals surface area contributed by atoms with Gasteiger partial charge in [-0.2, -0.15) is 0 Å². The van der Waals surface area contributed by atoms with Crippen LogP contribution in [0.2, 0.25) is 0 Å². The summed E-state index contributed by atoms with van der Waals surface area (Å²) in [5, 5.41) is 0. The maximum atomic E-state index is 6.63. The van der Waals surface area contributed by atoms with Crippen molar-refractivity contribution in [3.05, 3.63) is 88.0 Å². The first-order valence-corrected chi connectivity index (χ1v) is 11.9. The highest BCUT2D eigenvalue weighted by atomic mass is 127. The summed E-state index contributed by atoms with van der Waals surface area (Å²) in [4.78, 5) is 2.37. The third kappa shape index (κ3) is 5.71. The van der Waals surface area contributed by atoms with Crippen LogP contribution in [0.5, 0.6) is 11.5 Å². The molecular formula is C26H28INO3. The van der Waals surface area contributed by atoms with Crippen molar-refractivity contribution in [2.24, 2.45) is 0 Å². The average molecular weight is 529 g/mol. The van der Waals surface area contributed by atoms with E-state index in [0.717, 1.165) is 40.1 Å². The second-order valence-electron chi connectivity index (χ2n) is 7.58. The topological polar surface area (TPSA) is 30.9 Å². The summed E-state index contributed by atoms with van der Waals surface area (Å²) >= 11 is 2.30. The standard InChI is InChI=1S/C26H28INO3/c1-2-16-29-24-18-21(27)13-14-23(24)31-26(20-9-5-3-6-10-20)25-19-28(15-17-30-25)22-11-7-4-8-12-22/h3-14,18,25-26H,2,15-17,19H2,1H3/t25?,26-/m0/s1. The Morgan fingerprint density at radius 1 is 1.00 bits per heavy atom. The summed E-state index contributed by atoms with van der Waals surface area (Å²) in [5.41, 5.74) is 2.31. The highest BCUT2D eigenvalue weighted by molar-refractivity contribution is 14.1. The molecule has 1 heterocycles. The van der Waals surface area contributed by atoms with Crippen molar-refractivity contribution in [2.45, 2.75) is 25.6 Å². The Hall–Kier alpha value is -2.25. The number of ether oxygens (including phenoxy) is 3. The summed E-state index contributed by atoms with van der Waals surface area (Å²) < 4.78 is 20.0. The quantitative estimate of drug-likeness (QED) is 0.330. The molecule has 0 aliphatic carbocycles. The summed E-state index contributed by atoms with van der Waals surface area (Å²) in [5.74, 6) is 1.54. The van der Waals surface area contributed by atoms with E-state index in [1.54, 1.807) is 0 Å². The molecule has 0 amide bonds. The molecule has 4 nitrogen and oxygen atoms in total. The van der Waals surface area contributed by atoms with Crippen LogP contribution in [0.3, 0.4) is 0 Å². The molecule has 1 fully saturated rings. The van der Waals surface area contributed by atoms with Crippen LogP contribution in [-0.4, -0.2) is 32.4 Å². The lowest BCUT2D eigenvalue weighted by Gasteiger charge is -2.38. The van der Waals surface area contributed by atoms with Crippen molar-refractivity contribution >= 4 is 28.3 Å². The lowest BCUT2D eigenvalue weighted by Crippen LogP contribution is -2.46. The summed E-state index contributed by atoms with van der Waals surface area (Å²) in [6, 6.07) is 26.9. The van der Waals surface area contributed by atoms with E-state index in [9.17, 15) is 0 Å². The second kappa shape index (κ2) is 10.9. The molecule has 0 bridgehead atoms. The molecule has 1 unspecified atom stereocenters. The van der Waals surface area contributed by atoms with Crippen LogP contribution in [0.15, 0.2) is 78.9 Å². The molecule has 0 aromatic heterocycles. The van der Waals surface area contributed by atoms with E-state index in [1.165, 1.54) is 5.69 Å². The van der Waals surface area contributed by atoms with Gasteiger partial charge in [0.1, 0.15) is 6.10 Å². The van der Waals surface area contributed by atoms with Crippen LogP contribution in [0.25, 0.3) is 0 Å². The molecule has 5 heteroatoms. The summed E-state index contributed by atoms with van der Waals surface area (Å²) in [6.45, 7) is 5.07. The van der Waals surface area contributed by atoms with Gasteiger partial charge in [0.25, 0.3) is 0 Å². The van der Waals surface area contributed by atoms with E-state index >= 15 is 0 Å². The van der Waals surface area contributed by atoms with Crippen molar-refractivity contribution in [3.8, 4) is 11.5 Å². The number of rotatable bonds is 8. The SMILES string of the molecule is CCCOc1cc(I)ccc1O[C@@H](c1ccccc1)C1CN(c2ccccc2)CCO1. The molecule has 1 aliphatic heterocycles. The zero-order chi connectivity index (χ0) is 21.5. The maximum absolute atomic E-state index is 6.63. The Morgan fingerprint density at radius 3 is 2.48 bits per heavy atom. The number of para-hydroxylation sites is 1. The third-order valence-electron chi connectivity index (χ3n) is 5.30. The Kier molecular flexibility index (Phi) is 7.70. The van der Waals surface area contributed by atoms with Crippen molar-refractivity contribution in [1.29, 1.82) is 0 Å². The van der Waals surface area contributed by atoms with Crippen LogP contribution >= 0.6 is 22.6 Å². The number of hydrogen-bond donors (Lipinski definition) is 0. The fourth-order valence-corrected chi connectivity index (χ4v) is 4.24. The molecule has 1 saturated heterocycles. The molecule has 0 spiro atoms. The molecule has 31 heavy (non-hydrogen) atoms. The van der Waals surface area contributed by atoms with Gasteiger partial charge in [0.2, 0.25) is 0 Å². The lowest BCUT2D eigenvalue weighted by molar-refractivity contribution is -0.0357. The molecule has 2 atom stereocenters. The molecule has 3 aromatic rings. The lowest BCUT2D eigenvalue weighted by atomic mass is 10.0. The number of hydrogen-bond acceptors (Lipinski definition) is 4. The van der Waals surface area contributed by atoms with Gasteiger partial charge in [0.15, 0.2) is 17.6 Å².